The van der Waals surface area contributed by atoms with Gasteiger partial charge in [-0.15, -0.1) is 0 Å². The Kier molecular flexibility index (Phi) is 4.07. The third kappa shape index (κ3) is 2.59. The molecule has 0 spiro atoms. The lowest BCUT2D eigenvalue weighted by Gasteiger charge is -2.36. The van der Waals surface area contributed by atoms with Crippen LogP contribution in [-0.4, -0.2) is 18.0 Å². The fourth-order valence-corrected chi connectivity index (χ4v) is 2.98. The molecule has 1 aliphatic carbocycles. The van der Waals surface area contributed by atoms with Crippen LogP contribution < -0.4 is 11.1 Å². The van der Waals surface area contributed by atoms with Crippen molar-refractivity contribution in [2.24, 2.45) is 5.73 Å². The van der Waals surface area contributed by atoms with E-state index in [1.165, 1.54) is 11.1 Å². The van der Waals surface area contributed by atoms with E-state index < -0.39 is 5.54 Å². The second-order valence-corrected chi connectivity index (χ2v) is 5.88. The summed E-state index contributed by atoms with van der Waals surface area (Å²) in [6, 6.07) is 6.25. The Morgan fingerprint density at radius 3 is 2.94 bits per heavy atom. The molecule has 0 saturated heterocycles. The molecule has 0 bridgehead atoms. The van der Waals surface area contributed by atoms with Gasteiger partial charge in [0.1, 0.15) is 5.54 Å². The van der Waals surface area contributed by atoms with E-state index in [1.807, 2.05) is 6.07 Å². The lowest BCUT2D eigenvalue weighted by Crippen LogP contribution is -2.58. The molecule has 1 aliphatic rings. The molecule has 18 heavy (non-hydrogen) atoms. The van der Waals surface area contributed by atoms with Crippen molar-refractivity contribution in [2.45, 2.75) is 38.1 Å². The number of hydrogen-bond acceptors (Lipinski definition) is 2. The molecule has 98 valence electrons. The van der Waals surface area contributed by atoms with Gasteiger partial charge in [0.15, 0.2) is 0 Å². The molecule has 3 N–H and O–H groups in total. The maximum atomic E-state index is 11.8. The smallest absolute Gasteiger partial charge is 0.238 e. The Bertz CT molecular complexity index is 461. The molecule has 1 amide bonds. The highest BCUT2D eigenvalue weighted by Gasteiger charge is 2.39. The SMILES string of the molecule is CCCNC1(C(N)=O)CCc2cc(Br)ccc2C1. The van der Waals surface area contributed by atoms with Crippen LogP contribution in [0, 0.1) is 0 Å². The molecule has 0 heterocycles. The number of carbonyl (C=O) groups is 1. The number of carbonyl (C=O) groups excluding carboxylic acids is 1. The molecule has 1 unspecified atom stereocenters. The van der Waals surface area contributed by atoms with Crippen LogP contribution in [0.4, 0.5) is 0 Å². The monoisotopic (exact) mass is 310 g/mol. The van der Waals surface area contributed by atoms with Crippen LogP contribution in [0.2, 0.25) is 0 Å². The molecule has 0 radical (unpaired) electrons. The molecule has 0 aromatic heterocycles. The molecule has 4 heteroatoms. The quantitative estimate of drug-likeness (QED) is 0.895. The van der Waals surface area contributed by atoms with Gasteiger partial charge in [-0.05, 0) is 55.5 Å². The first kappa shape index (κ1) is 13.6. The number of halogens is 1. The minimum atomic E-state index is -0.559. The van der Waals surface area contributed by atoms with Crippen LogP contribution in [0.3, 0.4) is 0 Å². The van der Waals surface area contributed by atoms with E-state index in [2.05, 4.69) is 40.3 Å². The van der Waals surface area contributed by atoms with E-state index in [4.69, 9.17) is 5.73 Å². The van der Waals surface area contributed by atoms with Crippen LogP contribution >= 0.6 is 15.9 Å². The highest BCUT2D eigenvalue weighted by Crippen LogP contribution is 2.30. The van der Waals surface area contributed by atoms with E-state index in [1.54, 1.807) is 0 Å². The van der Waals surface area contributed by atoms with Gasteiger partial charge in [-0.3, -0.25) is 4.79 Å². The van der Waals surface area contributed by atoms with Gasteiger partial charge in [0.25, 0.3) is 0 Å². The second-order valence-electron chi connectivity index (χ2n) is 4.96. The molecule has 3 nitrogen and oxygen atoms in total. The number of benzene rings is 1. The van der Waals surface area contributed by atoms with Gasteiger partial charge in [-0.1, -0.05) is 28.9 Å². The summed E-state index contributed by atoms with van der Waals surface area (Å²) in [5.74, 6) is -0.232. The lowest BCUT2D eigenvalue weighted by atomic mass is 9.77. The first-order valence-electron chi connectivity index (χ1n) is 6.39. The van der Waals surface area contributed by atoms with Crippen LogP contribution in [0.5, 0.6) is 0 Å². The Morgan fingerprint density at radius 2 is 2.28 bits per heavy atom. The van der Waals surface area contributed by atoms with Crippen molar-refractivity contribution in [3.8, 4) is 0 Å². The summed E-state index contributed by atoms with van der Waals surface area (Å²) in [5.41, 5.74) is 7.61. The van der Waals surface area contributed by atoms with Crippen molar-refractivity contribution in [1.29, 1.82) is 0 Å². The number of nitrogens with one attached hydrogen (secondary N) is 1. The van der Waals surface area contributed by atoms with E-state index in [0.29, 0.717) is 6.42 Å². The zero-order chi connectivity index (χ0) is 13.2. The Balaban J connectivity index is 2.26. The average Bonchev–Trinajstić information content (AvgIpc) is 2.36. The van der Waals surface area contributed by atoms with E-state index >= 15 is 0 Å². The van der Waals surface area contributed by atoms with Crippen molar-refractivity contribution in [3.63, 3.8) is 0 Å². The first-order valence-corrected chi connectivity index (χ1v) is 7.19. The summed E-state index contributed by atoms with van der Waals surface area (Å²) in [6.07, 6.45) is 3.38. The van der Waals surface area contributed by atoms with Gasteiger partial charge in [0.05, 0.1) is 0 Å². The third-order valence-electron chi connectivity index (χ3n) is 3.67. The fraction of sp³-hybridized carbons (Fsp3) is 0.500. The minimum Gasteiger partial charge on any atom is -0.368 e. The van der Waals surface area contributed by atoms with Gasteiger partial charge in [-0.2, -0.15) is 0 Å². The summed E-state index contributed by atoms with van der Waals surface area (Å²) < 4.78 is 1.09. The summed E-state index contributed by atoms with van der Waals surface area (Å²) in [4.78, 5) is 11.8. The molecular weight excluding hydrogens is 292 g/mol. The van der Waals surface area contributed by atoms with Crippen molar-refractivity contribution < 1.29 is 4.79 Å². The van der Waals surface area contributed by atoms with E-state index in [9.17, 15) is 4.79 Å². The van der Waals surface area contributed by atoms with Crippen molar-refractivity contribution in [2.75, 3.05) is 6.54 Å². The molecule has 0 fully saturated rings. The highest BCUT2D eigenvalue weighted by molar-refractivity contribution is 9.10. The molecule has 2 rings (SSSR count). The van der Waals surface area contributed by atoms with Crippen molar-refractivity contribution in [3.05, 3.63) is 33.8 Å². The van der Waals surface area contributed by atoms with Gasteiger partial charge in [0.2, 0.25) is 5.91 Å². The topological polar surface area (TPSA) is 55.1 Å². The van der Waals surface area contributed by atoms with E-state index in [-0.39, 0.29) is 5.91 Å². The molecule has 1 atom stereocenters. The Labute approximate surface area is 116 Å². The van der Waals surface area contributed by atoms with Crippen molar-refractivity contribution >= 4 is 21.8 Å². The summed E-state index contributed by atoms with van der Waals surface area (Å²) in [6.45, 7) is 2.92. The van der Waals surface area contributed by atoms with Crippen LogP contribution in [0.1, 0.15) is 30.9 Å². The van der Waals surface area contributed by atoms with Gasteiger partial charge in [0, 0.05) is 4.47 Å². The van der Waals surface area contributed by atoms with Gasteiger partial charge in [-0.25, -0.2) is 0 Å². The predicted molar refractivity (Wildman–Crippen MR) is 76.4 cm³/mol. The zero-order valence-electron chi connectivity index (χ0n) is 10.6. The highest BCUT2D eigenvalue weighted by atomic mass is 79.9. The standard InChI is InChI=1S/C14H19BrN2O/c1-2-7-17-14(13(16)18)6-5-10-8-12(15)4-3-11(10)9-14/h3-4,8,17H,2,5-7,9H2,1H3,(H2,16,18). The number of aryl methyl sites for hydroxylation is 1. The normalized spacial score (nSPS) is 22.6. The Hall–Kier alpha value is -0.870. The average molecular weight is 311 g/mol. The van der Waals surface area contributed by atoms with Crippen LogP contribution in [-0.2, 0) is 17.6 Å². The Morgan fingerprint density at radius 1 is 1.50 bits per heavy atom. The van der Waals surface area contributed by atoms with Gasteiger partial charge >= 0.3 is 0 Å². The number of amides is 1. The summed E-state index contributed by atoms with van der Waals surface area (Å²) in [7, 11) is 0. The molecule has 1 aromatic rings. The lowest BCUT2D eigenvalue weighted by molar-refractivity contribution is -0.125. The van der Waals surface area contributed by atoms with Crippen LogP contribution in [0.15, 0.2) is 22.7 Å². The first-order chi connectivity index (χ1) is 8.57. The zero-order valence-corrected chi connectivity index (χ0v) is 12.2. The molecule has 0 saturated carbocycles. The maximum Gasteiger partial charge on any atom is 0.238 e. The number of rotatable bonds is 4. The number of hydrogen-bond donors (Lipinski definition) is 2. The predicted octanol–water partition coefficient (Wildman–Crippen LogP) is 2.16. The molecule has 0 aliphatic heterocycles. The number of primary amides is 1. The largest absolute Gasteiger partial charge is 0.368 e. The van der Waals surface area contributed by atoms with Crippen molar-refractivity contribution in [1.82, 2.24) is 5.32 Å². The minimum absolute atomic E-state index is 0.232. The fourth-order valence-electron chi connectivity index (χ4n) is 2.57. The van der Waals surface area contributed by atoms with Gasteiger partial charge < -0.3 is 11.1 Å². The van der Waals surface area contributed by atoms with E-state index in [0.717, 1.165) is 30.3 Å². The summed E-state index contributed by atoms with van der Waals surface area (Å²) >= 11 is 3.48. The third-order valence-corrected chi connectivity index (χ3v) is 4.16. The molecule has 1 aromatic carbocycles. The molecular formula is C14H19BrN2O. The number of nitrogens with two attached hydrogens (primary N) is 1. The second kappa shape index (κ2) is 5.41. The summed E-state index contributed by atoms with van der Waals surface area (Å²) in [5, 5.41) is 3.35. The maximum absolute atomic E-state index is 11.8. The van der Waals surface area contributed by atoms with Crippen LogP contribution in [0.25, 0.3) is 0 Å². The number of fused-ring (bicyclic) bond motifs is 1.